The minimum absolute atomic E-state index is 0.0394. The first-order chi connectivity index (χ1) is 13.2. The predicted octanol–water partition coefficient (Wildman–Crippen LogP) is 1.89. The zero-order valence-corrected chi connectivity index (χ0v) is 16.1. The summed E-state index contributed by atoms with van der Waals surface area (Å²) in [5, 5.41) is 8.60. The Morgan fingerprint density at radius 3 is 3.00 bits per heavy atom. The molecule has 1 fully saturated rings. The summed E-state index contributed by atoms with van der Waals surface area (Å²) >= 11 is 0. The van der Waals surface area contributed by atoms with Crippen LogP contribution in [0.25, 0.3) is 0 Å². The van der Waals surface area contributed by atoms with Gasteiger partial charge in [-0.1, -0.05) is 5.16 Å². The maximum atomic E-state index is 13.2. The largest absolute Gasteiger partial charge is 0.384 e. The predicted molar refractivity (Wildman–Crippen MR) is 97.6 cm³/mol. The highest BCUT2D eigenvalue weighted by Gasteiger charge is 2.32. The number of likely N-dealkylation sites (tertiary alicyclic amines) is 1. The average molecular weight is 373 g/mol. The minimum Gasteiger partial charge on any atom is -0.384 e. The molecule has 0 bridgehead atoms. The van der Waals surface area contributed by atoms with Gasteiger partial charge in [-0.25, -0.2) is 0 Å². The van der Waals surface area contributed by atoms with E-state index in [1.807, 2.05) is 16.6 Å². The molecule has 0 N–H and O–H groups in total. The van der Waals surface area contributed by atoms with Crippen molar-refractivity contribution in [2.24, 2.45) is 7.05 Å². The third-order valence-electron chi connectivity index (χ3n) is 5.64. The zero-order valence-electron chi connectivity index (χ0n) is 16.1. The summed E-state index contributed by atoms with van der Waals surface area (Å²) in [6, 6.07) is 0. The van der Waals surface area contributed by atoms with Crippen LogP contribution < -0.4 is 0 Å². The lowest BCUT2D eigenvalue weighted by Gasteiger charge is -2.30. The zero-order chi connectivity index (χ0) is 18.8. The Kier molecular flexibility index (Phi) is 5.24. The molecule has 0 saturated carbocycles. The Morgan fingerprint density at radius 1 is 1.30 bits per heavy atom. The number of aromatic nitrogens is 4. The molecule has 1 atom stereocenters. The monoisotopic (exact) mass is 373 g/mol. The van der Waals surface area contributed by atoms with Crippen LogP contribution in [0.15, 0.2) is 4.52 Å². The standard InChI is InChI=1S/C19H27N5O3/c1-23-15-8-4-3-7-14(15)17(21-23)19(25)24-10-5-6-13(12-24)18-20-16(22-27-18)9-11-26-2/h13H,3-12H2,1-2H3/t13-/m0/s1. The van der Waals surface area contributed by atoms with Crippen molar-refractivity contribution in [3.05, 3.63) is 28.7 Å². The normalized spacial score (nSPS) is 19.9. The number of hydrogen-bond donors (Lipinski definition) is 0. The first kappa shape index (κ1) is 18.2. The van der Waals surface area contributed by atoms with Crippen LogP contribution in [-0.4, -0.2) is 57.5 Å². The summed E-state index contributed by atoms with van der Waals surface area (Å²) in [4.78, 5) is 19.6. The molecular weight excluding hydrogens is 346 g/mol. The molecule has 2 aliphatic rings. The van der Waals surface area contributed by atoms with Crippen LogP contribution in [0.5, 0.6) is 0 Å². The molecule has 146 valence electrons. The van der Waals surface area contributed by atoms with Crippen LogP contribution in [0, 0.1) is 0 Å². The van der Waals surface area contributed by atoms with Gasteiger partial charge < -0.3 is 14.2 Å². The number of rotatable bonds is 5. The van der Waals surface area contributed by atoms with Crippen LogP contribution in [0.4, 0.5) is 0 Å². The van der Waals surface area contributed by atoms with Gasteiger partial charge in [0.1, 0.15) is 0 Å². The number of fused-ring (bicyclic) bond motifs is 1. The van der Waals surface area contributed by atoms with Crippen molar-refractivity contribution in [2.45, 2.75) is 50.9 Å². The number of carbonyl (C=O) groups excluding carboxylic acids is 1. The Hall–Kier alpha value is -2.22. The number of methoxy groups -OCH3 is 1. The second kappa shape index (κ2) is 7.80. The van der Waals surface area contributed by atoms with Gasteiger partial charge in [0.15, 0.2) is 11.5 Å². The van der Waals surface area contributed by atoms with Crippen molar-refractivity contribution in [3.63, 3.8) is 0 Å². The number of ether oxygens (including phenoxy) is 1. The highest BCUT2D eigenvalue weighted by molar-refractivity contribution is 5.94. The summed E-state index contributed by atoms with van der Waals surface area (Å²) in [7, 11) is 3.60. The maximum Gasteiger partial charge on any atom is 0.274 e. The van der Waals surface area contributed by atoms with E-state index in [0.717, 1.165) is 44.2 Å². The number of carbonyl (C=O) groups is 1. The Balaban J connectivity index is 1.48. The molecular formula is C19H27N5O3. The SMILES string of the molecule is COCCc1noc([C@H]2CCCN(C(=O)c3nn(C)c4c3CCCC4)C2)n1. The molecule has 1 aliphatic heterocycles. The van der Waals surface area contributed by atoms with Gasteiger partial charge >= 0.3 is 0 Å². The summed E-state index contributed by atoms with van der Waals surface area (Å²) in [6.45, 7) is 1.93. The third-order valence-corrected chi connectivity index (χ3v) is 5.64. The molecule has 8 nitrogen and oxygen atoms in total. The van der Waals surface area contributed by atoms with Gasteiger partial charge in [-0.3, -0.25) is 9.48 Å². The molecule has 3 heterocycles. The van der Waals surface area contributed by atoms with E-state index in [9.17, 15) is 4.79 Å². The summed E-state index contributed by atoms with van der Waals surface area (Å²) in [5.41, 5.74) is 3.01. The molecule has 2 aromatic rings. The molecule has 1 aliphatic carbocycles. The van der Waals surface area contributed by atoms with Gasteiger partial charge in [0, 0.05) is 44.9 Å². The topological polar surface area (TPSA) is 86.3 Å². The third kappa shape index (κ3) is 3.63. The second-order valence-corrected chi connectivity index (χ2v) is 7.49. The maximum absolute atomic E-state index is 13.2. The molecule has 2 aromatic heterocycles. The lowest BCUT2D eigenvalue weighted by molar-refractivity contribution is 0.0687. The Labute approximate surface area is 158 Å². The quantitative estimate of drug-likeness (QED) is 0.795. The van der Waals surface area contributed by atoms with E-state index in [2.05, 4.69) is 15.2 Å². The van der Waals surface area contributed by atoms with E-state index in [1.54, 1.807) is 7.11 Å². The molecule has 0 spiro atoms. The van der Waals surface area contributed by atoms with Gasteiger partial charge in [0.25, 0.3) is 5.91 Å². The lowest BCUT2D eigenvalue weighted by Crippen LogP contribution is -2.39. The van der Waals surface area contributed by atoms with Crippen LogP contribution in [0.1, 0.15) is 65.1 Å². The van der Waals surface area contributed by atoms with Gasteiger partial charge in [0.2, 0.25) is 5.89 Å². The van der Waals surface area contributed by atoms with Crippen molar-refractivity contribution < 1.29 is 14.1 Å². The van der Waals surface area contributed by atoms with Crippen LogP contribution in [-0.2, 0) is 31.0 Å². The van der Waals surface area contributed by atoms with E-state index in [4.69, 9.17) is 9.26 Å². The van der Waals surface area contributed by atoms with E-state index in [1.165, 1.54) is 12.1 Å². The first-order valence-corrected chi connectivity index (χ1v) is 9.82. The van der Waals surface area contributed by atoms with Gasteiger partial charge in [0.05, 0.1) is 12.5 Å². The van der Waals surface area contributed by atoms with Crippen molar-refractivity contribution in [2.75, 3.05) is 26.8 Å². The minimum atomic E-state index is 0.0394. The van der Waals surface area contributed by atoms with Gasteiger partial charge in [-0.05, 0) is 38.5 Å². The number of hydrogen-bond acceptors (Lipinski definition) is 6. The number of amides is 1. The van der Waals surface area contributed by atoms with Crippen molar-refractivity contribution in [3.8, 4) is 0 Å². The van der Waals surface area contributed by atoms with Crippen LogP contribution in [0.3, 0.4) is 0 Å². The second-order valence-electron chi connectivity index (χ2n) is 7.49. The molecule has 8 heteroatoms. The smallest absolute Gasteiger partial charge is 0.274 e. The number of aryl methyl sites for hydroxylation is 1. The molecule has 0 unspecified atom stereocenters. The van der Waals surface area contributed by atoms with Gasteiger partial charge in [-0.2, -0.15) is 10.1 Å². The highest BCUT2D eigenvalue weighted by Crippen LogP contribution is 2.29. The fourth-order valence-corrected chi connectivity index (χ4v) is 4.19. The summed E-state index contributed by atoms with van der Waals surface area (Å²) in [5.74, 6) is 1.42. The fraction of sp³-hybridized carbons (Fsp3) is 0.684. The average Bonchev–Trinajstić information content (AvgIpc) is 3.31. The van der Waals surface area contributed by atoms with Crippen LogP contribution >= 0.6 is 0 Å². The molecule has 27 heavy (non-hydrogen) atoms. The van der Waals surface area contributed by atoms with Crippen molar-refractivity contribution >= 4 is 5.91 Å². The van der Waals surface area contributed by atoms with Crippen molar-refractivity contribution in [1.29, 1.82) is 0 Å². The first-order valence-electron chi connectivity index (χ1n) is 9.82. The van der Waals surface area contributed by atoms with E-state index >= 15 is 0 Å². The lowest BCUT2D eigenvalue weighted by atomic mass is 9.94. The highest BCUT2D eigenvalue weighted by atomic mass is 16.5. The van der Waals surface area contributed by atoms with E-state index in [-0.39, 0.29) is 11.8 Å². The summed E-state index contributed by atoms with van der Waals surface area (Å²) in [6.07, 6.45) is 6.80. The number of piperidine rings is 1. The molecule has 1 saturated heterocycles. The summed E-state index contributed by atoms with van der Waals surface area (Å²) < 4.78 is 12.4. The fourth-order valence-electron chi connectivity index (χ4n) is 4.19. The van der Waals surface area contributed by atoms with E-state index < -0.39 is 0 Å². The Bertz CT molecular complexity index is 812. The Morgan fingerprint density at radius 2 is 2.15 bits per heavy atom. The van der Waals surface area contributed by atoms with Crippen LogP contribution in [0.2, 0.25) is 0 Å². The molecule has 0 radical (unpaired) electrons. The molecule has 1 amide bonds. The number of nitrogens with zero attached hydrogens (tertiary/aromatic N) is 5. The van der Waals surface area contributed by atoms with Gasteiger partial charge in [-0.15, -0.1) is 0 Å². The van der Waals surface area contributed by atoms with E-state index in [0.29, 0.717) is 37.0 Å². The molecule has 4 rings (SSSR count). The van der Waals surface area contributed by atoms with Crippen molar-refractivity contribution in [1.82, 2.24) is 24.8 Å². The molecule has 0 aromatic carbocycles.